The summed E-state index contributed by atoms with van der Waals surface area (Å²) in [5, 5.41) is 14.2. The fourth-order valence-corrected chi connectivity index (χ4v) is 4.49. The van der Waals surface area contributed by atoms with E-state index in [9.17, 15) is 18.8 Å². The Labute approximate surface area is 176 Å². The van der Waals surface area contributed by atoms with Gasteiger partial charge >= 0.3 is 6.61 Å². The molecule has 1 amide bonds. The van der Waals surface area contributed by atoms with Crippen LogP contribution in [0.3, 0.4) is 0 Å². The number of nitrogens with zero attached hydrogens (tertiary/aromatic N) is 6. The third-order valence-electron chi connectivity index (χ3n) is 6.11. The first-order valence-corrected chi connectivity index (χ1v) is 9.93. The Morgan fingerprint density at radius 3 is 2.84 bits per heavy atom. The number of anilines is 1. The fraction of sp³-hybridized carbons (Fsp3) is 0.381. The van der Waals surface area contributed by atoms with Crippen LogP contribution in [0, 0.1) is 28.6 Å². The van der Waals surface area contributed by atoms with Crippen molar-refractivity contribution in [3.63, 3.8) is 0 Å². The van der Waals surface area contributed by atoms with Crippen LogP contribution in [0.25, 0.3) is 16.8 Å². The molecular weight excluding hydrogens is 406 g/mol. The molecule has 2 aliphatic rings. The highest BCUT2D eigenvalue weighted by Crippen LogP contribution is 2.54. The average Bonchev–Trinajstić information content (AvgIpc) is 3.42. The van der Waals surface area contributed by atoms with E-state index in [0.717, 1.165) is 12.8 Å². The molecule has 158 valence electrons. The molecule has 0 spiro atoms. The van der Waals surface area contributed by atoms with Crippen molar-refractivity contribution in [1.29, 1.82) is 5.26 Å². The molecule has 5 rings (SSSR count). The molecule has 3 aromatic rings. The summed E-state index contributed by atoms with van der Waals surface area (Å²) in [4.78, 5) is 23.5. The van der Waals surface area contributed by atoms with Crippen LogP contribution < -0.4 is 9.64 Å². The maximum absolute atomic E-state index is 13.5. The number of hydrogen-bond donors (Lipinski definition) is 0. The van der Waals surface area contributed by atoms with Gasteiger partial charge in [-0.05, 0) is 37.0 Å². The van der Waals surface area contributed by atoms with Crippen LogP contribution in [-0.2, 0) is 4.79 Å². The van der Waals surface area contributed by atoms with Crippen molar-refractivity contribution in [2.45, 2.75) is 26.4 Å². The number of halogens is 2. The van der Waals surface area contributed by atoms with Gasteiger partial charge < -0.3 is 4.74 Å². The van der Waals surface area contributed by atoms with Gasteiger partial charge in [0.1, 0.15) is 10.9 Å². The number of fused-ring (bicyclic) bond motifs is 1. The molecule has 1 aliphatic heterocycles. The Hall–Kier alpha value is -3.61. The van der Waals surface area contributed by atoms with Crippen molar-refractivity contribution in [2.75, 3.05) is 11.4 Å². The molecule has 8 nitrogen and oxygen atoms in total. The number of alkyl halides is 2. The van der Waals surface area contributed by atoms with Gasteiger partial charge in [0, 0.05) is 18.7 Å². The van der Waals surface area contributed by atoms with Crippen LogP contribution in [-0.4, -0.2) is 38.6 Å². The number of rotatable bonds is 5. The van der Waals surface area contributed by atoms with Crippen LogP contribution >= 0.6 is 0 Å². The molecular formula is C21H18F2N6O2. The smallest absolute Gasteiger partial charge is 0.388 e. The summed E-state index contributed by atoms with van der Waals surface area (Å²) >= 11 is 0. The number of amides is 1. The van der Waals surface area contributed by atoms with E-state index in [-0.39, 0.29) is 34.9 Å². The van der Waals surface area contributed by atoms with Crippen LogP contribution in [0.1, 0.15) is 19.8 Å². The van der Waals surface area contributed by atoms with Gasteiger partial charge in [0.25, 0.3) is 0 Å². The lowest BCUT2D eigenvalue weighted by Gasteiger charge is -2.23. The zero-order valence-electron chi connectivity index (χ0n) is 16.6. The van der Waals surface area contributed by atoms with E-state index in [0.29, 0.717) is 17.9 Å². The van der Waals surface area contributed by atoms with Crippen molar-refractivity contribution in [1.82, 2.24) is 19.6 Å². The van der Waals surface area contributed by atoms with E-state index >= 15 is 0 Å². The molecule has 1 saturated carbocycles. The van der Waals surface area contributed by atoms with Crippen molar-refractivity contribution in [2.24, 2.45) is 17.3 Å². The van der Waals surface area contributed by atoms with Crippen LogP contribution in [0.4, 0.5) is 14.6 Å². The summed E-state index contributed by atoms with van der Waals surface area (Å²) in [6.45, 7) is -0.794. The lowest BCUT2D eigenvalue weighted by molar-refractivity contribution is -0.124. The van der Waals surface area contributed by atoms with Crippen molar-refractivity contribution < 1.29 is 18.3 Å². The van der Waals surface area contributed by atoms with E-state index < -0.39 is 12.0 Å². The molecule has 1 saturated heterocycles. The Morgan fingerprint density at radius 2 is 2.13 bits per heavy atom. The molecule has 0 aromatic carbocycles. The van der Waals surface area contributed by atoms with Gasteiger partial charge in [0.15, 0.2) is 5.82 Å². The minimum absolute atomic E-state index is 0.0541. The minimum atomic E-state index is -3.04. The summed E-state index contributed by atoms with van der Waals surface area (Å²) in [5.41, 5.74) is 0.0349. The molecule has 31 heavy (non-hydrogen) atoms. The van der Waals surface area contributed by atoms with E-state index in [4.69, 9.17) is 0 Å². The lowest BCUT2D eigenvalue weighted by atomic mass is 9.75. The van der Waals surface area contributed by atoms with Crippen molar-refractivity contribution in [3.8, 4) is 23.2 Å². The predicted molar refractivity (Wildman–Crippen MR) is 105 cm³/mol. The Morgan fingerprint density at radius 1 is 1.32 bits per heavy atom. The maximum atomic E-state index is 13.5. The third kappa shape index (κ3) is 2.91. The highest BCUT2D eigenvalue weighted by Gasteiger charge is 2.61. The van der Waals surface area contributed by atoms with Gasteiger partial charge in [0.05, 0.1) is 29.7 Å². The van der Waals surface area contributed by atoms with Gasteiger partial charge in [-0.25, -0.2) is 14.5 Å². The van der Waals surface area contributed by atoms with Crippen molar-refractivity contribution >= 4 is 17.2 Å². The van der Waals surface area contributed by atoms with E-state index in [1.807, 2.05) is 6.92 Å². The maximum Gasteiger partial charge on any atom is 0.388 e. The normalized spacial score (nSPS) is 23.5. The standard InChI is InChI=1S/C21H18F2N6O2/c1-12-9-28(19(30)21(12,11-24)13-4-5-13)17-16-6-8-26-29(16)10-15(27-17)14-3-2-7-25-18(14)31-20(22)23/h2-3,6-8,10,12-13,20H,4-5,9H2,1H3/t12-,21+/m1/s1. The van der Waals surface area contributed by atoms with E-state index in [2.05, 4.69) is 25.9 Å². The average molecular weight is 424 g/mol. The van der Waals surface area contributed by atoms with Crippen molar-refractivity contribution in [3.05, 3.63) is 36.8 Å². The summed E-state index contributed by atoms with van der Waals surface area (Å²) in [6.07, 6.45) is 6.19. The van der Waals surface area contributed by atoms with E-state index in [1.54, 1.807) is 30.6 Å². The Bertz CT molecular complexity index is 1220. The summed E-state index contributed by atoms with van der Waals surface area (Å²) in [6, 6.07) is 7.16. The second-order valence-corrected chi connectivity index (χ2v) is 7.92. The number of aromatic nitrogens is 4. The largest absolute Gasteiger partial charge is 0.416 e. The predicted octanol–water partition coefficient (Wildman–Crippen LogP) is 3.30. The highest BCUT2D eigenvalue weighted by molar-refractivity contribution is 6.04. The van der Waals surface area contributed by atoms with Gasteiger partial charge in [-0.1, -0.05) is 6.92 Å². The summed E-state index contributed by atoms with van der Waals surface area (Å²) < 4.78 is 31.8. The molecule has 10 heteroatoms. The van der Waals surface area contributed by atoms with Gasteiger partial charge in [-0.3, -0.25) is 9.69 Å². The Balaban J connectivity index is 1.64. The number of carbonyl (C=O) groups is 1. The first kappa shape index (κ1) is 19.4. The SMILES string of the molecule is C[C@@H]1CN(c2nc(-c3cccnc3OC(F)F)cn3nccc23)C(=O)[C@]1(C#N)C1CC1. The number of carbonyl (C=O) groups excluding carboxylic acids is 1. The fourth-order valence-electron chi connectivity index (χ4n) is 4.49. The molecule has 0 N–H and O–H groups in total. The lowest BCUT2D eigenvalue weighted by Crippen LogP contribution is -2.37. The first-order valence-electron chi connectivity index (χ1n) is 9.93. The second kappa shape index (κ2) is 6.97. The number of hydrogen-bond acceptors (Lipinski definition) is 6. The highest BCUT2D eigenvalue weighted by atomic mass is 19.3. The molecule has 4 heterocycles. The number of nitriles is 1. The van der Waals surface area contributed by atoms with Crippen LogP contribution in [0.15, 0.2) is 36.8 Å². The summed E-state index contributed by atoms with van der Waals surface area (Å²) in [7, 11) is 0. The van der Waals surface area contributed by atoms with Crippen LogP contribution in [0.2, 0.25) is 0 Å². The van der Waals surface area contributed by atoms with E-state index in [1.165, 1.54) is 15.6 Å². The Kier molecular flexibility index (Phi) is 4.36. The van der Waals surface area contributed by atoms with Gasteiger partial charge in [-0.2, -0.15) is 19.1 Å². The molecule has 0 radical (unpaired) electrons. The zero-order chi connectivity index (χ0) is 21.8. The molecule has 0 bridgehead atoms. The summed E-state index contributed by atoms with van der Waals surface area (Å²) in [5.74, 6) is -0.321. The third-order valence-corrected chi connectivity index (χ3v) is 6.11. The molecule has 2 atom stereocenters. The molecule has 1 aliphatic carbocycles. The topological polar surface area (TPSA) is 96.4 Å². The van der Waals surface area contributed by atoms with Gasteiger partial charge in [0.2, 0.25) is 11.8 Å². The number of pyridine rings is 1. The quantitative estimate of drug-likeness (QED) is 0.624. The number of ether oxygens (including phenoxy) is 1. The second-order valence-electron chi connectivity index (χ2n) is 7.92. The van der Waals surface area contributed by atoms with Crippen LogP contribution in [0.5, 0.6) is 5.88 Å². The molecule has 3 aromatic heterocycles. The first-order chi connectivity index (χ1) is 15.0. The zero-order valence-corrected chi connectivity index (χ0v) is 16.6. The molecule has 0 unspecified atom stereocenters. The van der Waals surface area contributed by atoms with Gasteiger partial charge in [-0.15, -0.1) is 0 Å². The molecule has 2 fully saturated rings. The minimum Gasteiger partial charge on any atom is -0.416 e. The monoisotopic (exact) mass is 424 g/mol.